The first-order valence-corrected chi connectivity index (χ1v) is 5.86. The molecule has 16 heavy (non-hydrogen) atoms. The molecule has 0 aliphatic carbocycles. The molecule has 0 spiro atoms. The lowest BCUT2D eigenvalue weighted by Gasteiger charge is -2.32. The highest BCUT2D eigenvalue weighted by atomic mass is 16.5. The fourth-order valence-corrected chi connectivity index (χ4v) is 1.74. The van der Waals surface area contributed by atoms with Crippen LogP contribution in [0.4, 0.5) is 0 Å². The van der Waals surface area contributed by atoms with Gasteiger partial charge in [0.15, 0.2) is 0 Å². The Balaban J connectivity index is 2.35. The van der Waals surface area contributed by atoms with Gasteiger partial charge in [-0.3, -0.25) is 4.90 Å². The molecule has 1 fully saturated rings. The first kappa shape index (κ1) is 13.2. The number of carbonyl (C=O) groups is 1. The first-order chi connectivity index (χ1) is 7.67. The average molecular weight is 227 g/mol. The minimum Gasteiger partial charge on any atom is -0.463 e. The van der Waals surface area contributed by atoms with Gasteiger partial charge in [0.1, 0.15) is 0 Å². The van der Waals surface area contributed by atoms with Crippen LogP contribution in [0.2, 0.25) is 0 Å². The Bertz CT molecular complexity index is 253. The minimum atomic E-state index is -0.290. The molecule has 0 N–H and O–H groups in total. The molecule has 1 saturated heterocycles. The van der Waals surface area contributed by atoms with E-state index in [1.165, 1.54) is 0 Å². The van der Waals surface area contributed by atoms with E-state index < -0.39 is 0 Å². The predicted molar refractivity (Wildman–Crippen MR) is 62.2 cm³/mol. The van der Waals surface area contributed by atoms with E-state index in [1.807, 2.05) is 0 Å². The third-order valence-electron chi connectivity index (χ3n) is 2.66. The maximum absolute atomic E-state index is 11.4. The number of hydrogen-bond donors (Lipinski definition) is 0. The summed E-state index contributed by atoms with van der Waals surface area (Å²) < 4.78 is 10.5. The van der Waals surface area contributed by atoms with Crippen molar-refractivity contribution in [1.29, 1.82) is 0 Å². The third kappa shape index (κ3) is 3.94. The molecule has 0 amide bonds. The molecule has 1 rings (SSSR count). The van der Waals surface area contributed by atoms with E-state index in [9.17, 15) is 4.79 Å². The molecule has 1 atom stereocenters. The highest BCUT2D eigenvalue weighted by Crippen LogP contribution is 2.10. The average Bonchev–Trinajstić information content (AvgIpc) is 2.29. The summed E-state index contributed by atoms with van der Waals surface area (Å²) in [7, 11) is 0. The van der Waals surface area contributed by atoms with E-state index in [2.05, 4.69) is 18.4 Å². The van der Waals surface area contributed by atoms with Crippen molar-refractivity contribution in [2.45, 2.75) is 26.4 Å². The molecule has 1 unspecified atom stereocenters. The Hall–Kier alpha value is -0.870. The van der Waals surface area contributed by atoms with Crippen LogP contribution in [0, 0.1) is 0 Å². The van der Waals surface area contributed by atoms with Gasteiger partial charge >= 0.3 is 5.97 Å². The summed E-state index contributed by atoms with van der Waals surface area (Å²) in [6.45, 7) is 11.1. The highest BCUT2D eigenvalue weighted by Gasteiger charge is 2.21. The summed E-state index contributed by atoms with van der Waals surface area (Å²) in [5.74, 6) is -0.290. The molecule has 0 radical (unpaired) electrons. The second kappa shape index (κ2) is 6.66. The maximum atomic E-state index is 11.4. The van der Waals surface area contributed by atoms with E-state index in [0.29, 0.717) is 18.7 Å². The Morgan fingerprint density at radius 1 is 1.56 bits per heavy atom. The number of morpholine rings is 1. The van der Waals surface area contributed by atoms with Crippen LogP contribution in [0.15, 0.2) is 12.2 Å². The number of nitrogens with zero attached hydrogens (tertiary/aromatic N) is 1. The third-order valence-corrected chi connectivity index (χ3v) is 2.66. The fourth-order valence-electron chi connectivity index (χ4n) is 1.74. The van der Waals surface area contributed by atoms with Crippen molar-refractivity contribution in [3.63, 3.8) is 0 Å². The van der Waals surface area contributed by atoms with Crippen molar-refractivity contribution < 1.29 is 14.3 Å². The summed E-state index contributed by atoms with van der Waals surface area (Å²) in [6.07, 6.45) is 1.28. The van der Waals surface area contributed by atoms with Crippen molar-refractivity contribution in [2.75, 3.05) is 32.8 Å². The fraction of sp³-hybridized carbons (Fsp3) is 0.750. The van der Waals surface area contributed by atoms with E-state index in [4.69, 9.17) is 9.47 Å². The van der Waals surface area contributed by atoms with Crippen molar-refractivity contribution >= 4 is 5.97 Å². The van der Waals surface area contributed by atoms with Gasteiger partial charge in [0.2, 0.25) is 0 Å². The topological polar surface area (TPSA) is 38.8 Å². The molecular weight excluding hydrogens is 206 g/mol. The Morgan fingerprint density at radius 3 is 2.94 bits per heavy atom. The van der Waals surface area contributed by atoms with Crippen LogP contribution in [0.25, 0.3) is 0 Å². The molecule has 0 bridgehead atoms. The van der Waals surface area contributed by atoms with Crippen LogP contribution in [-0.4, -0.2) is 49.8 Å². The van der Waals surface area contributed by atoms with Gasteiger partial charge in [-0.15, -0.1) is 0 Å². The zero-order valence-electron chi connectivity index (χ0n) is 10.2. The summed E-state index contributed by atoms with van der Waals surface area (Å²) in [5.41, 5.74) is 0.526. The zero-order valence-corrected chi connectivity index (χ0v) is 10.2. The number of carbonyl (C=O) groups excluding carboxylic acids is 1. The second-order valence-corrected chi connectivity index (χ2v) is 3.96. The van der Waals surface area contributed by atoms with Gasteiger partial charge in [-0.25, -0.2) is 4.79 Å². The molecule has 92 valence electrons. The smallest absolute Gasteiger partial charge is 0.334 e. The quantitative estimate of drug-likeness (QED) is 0.523. The van der Waals surface area contributed by atoms with Crippen molar-refractivity contribution in [3.05, 3.63) is 12.2 Å². The lowest BCUT2D eigenvalue weighted by atomic mass is 10.2. The van der Waals surface area contributed by atoms with Gasteiger partial charge in [0.25, 0.3) is 0 Å². The largest absolute Gasteiger partial charge is 0.463 e. The molecule has 0 aromatic rings. The van der Waals surface area contributed by atoms with Crippen molar-refractivity contribution in [2.24, 2.45) is 0 Å². The molecule has 0 aromatic carbocycles. The van der Waals surface area contributed by atoms with Gasteiger partial charge in [-0.05, 0) is 13.3 Å². The van der Waals surface area contributed by atoms with Gasteiger partial charge in [-0.1, -0.05) is 13.5 Å². The summed E-state index contributed by atoms with van der Waals surface area (Å²) in [5, 5.41) is 0. The molecule has 4 heteroatoms. The monoisotopic (exact) mass is 227 g/mol. The van der Waals surface area contributed by atoms with Crippen LogP contribution in [0.1, 0.15) is 20.3 Å². The van der Waals surface area contributed by atoms with Crippen LogP contribution < -0.4 is 0 Å². The van der Waals surface area contributed by atoms with Crippen LogP contribution in [-0.2, 0) is 14.3 Å². The van der Waals surface area contributed by atoms with Gasteiger partial charge < -0.3 is 9.47 Å². The van der Waals surface area contributed by atoms with Crippen LogP contribution in [0.3, 0.4) is 0 Å². The van der Waals surface area contributed by atoms with Crippen molar-refractivity contribution in [1.82, 2.24) is 4.90 Å². The summed E-state index contributed by atoms with van der Waals surface area (Å²) in [6, 6.07) is 0. The van der Waals surface area contributed by atoms with Crippen molar-refractivity contribution in [3.8, 4) is 0 Å². The summed E-state index contributed by atoms with van der Waals surface area (Å²) in [4.78, 5) is 13.6. The van der Waals surface area contributed by atoms with Crippen LogP contribution in [0.5, 0.6) is 0 Å². The second-order valence-electron chi connectivity index (χ2n) is 3.96. The number of hydrogen-bond acceptors (Lipinski definition) is 4. The zero-order chi connectivity index (χ0) is 12.0. The van der Waals surface area contributed by atoms with Crippen LogP contribution >= 0.6 is 0 Å². The molecule has 4 nitrogen and oxygen atoms in total. The lowest BCUT2D eigenvalue weighted by Crippen LogP contribution is -2.43. The van der Waals surface area contributed by atoms with Gasteiger partial charge in [0.05, 0.1) is 19.3 Å². The lowest BCUT2D eigenvalue weighted by molar-refractivity contribution is -0.139. The highest BCUT2D eigenvalue weighted by molar-refractivity contribution is 5.88. The van der Waals surface area contributed by atoms with Gasteiger partial charge in [-0.2, -0.15) is 0 Å². The van der Waals surface area contributed by atoms with Gasteiger partial charge in [0, 0.05) is 25.2 Å². The first-order valence-electron chi connectivity index (χ1n) is 5.86. The summed E-state index contributed by atoms with van der Waals surface area (Å²) >= 11 is 0. The number of ether oxygens (including phenoxy) is 2. The van der Waals surface area contributed by atoms with E-state index in [0.717, 1.165) is 26.1 Å². The molecule has 1 heterocycles. The Kier molecular flexibility index (Phi) is 5.49. The number of esters is 1. The van der Waals surface area contributed by atoms with E-state index in [-0.39, 0.29) is 12.1 Å². The molecular formula is C12H21NO3. The normalized spacial score (nSPS) is 21.8. The molecule has 0 aromatic heterocycles. The molecule has 1 aliphatic rings. The Morgan fingerprint density at radius 2 is 2.31 bits per heavy atom. The molecule has 1 aliphatic heterocycles. The number of rotatable bonds is 5. The Labute approximate surface area is 97.2 Å². The standard InChI is InChI=1S/C12H21NO3/c1-4-11-9-13(6-7-16-11)8-10(3)12(14)15-5-2/h11H,3-9H2,1-2H3. The molecule has 0 saturated carbocycles. The predicted octanol–water partition coefficient (Wildman–Crippen LogP) is 1.22. The van der Waals surface area contributed by atoms with E-state index in [1.54, 1.807) is 6.92 Å². The maximum Gasteiger partial charge on any atom is 0.334 e. The minimum absolute atomic E-state index is 0.281. The van der Waals surface area contributed by atoms with E-state index >= 15 is 0 Å². The SMILES string of the molecule is C=C(CN1CCOC(CC)C1)C(=O)OCC.